The molecule has 104 valence electrons. The SMILES string of the molecule is CC1(C)CCC(NC(=O)CCCCC(=O)O)CC1. The van der Waals surface area contributed by atoms with Crippen LogP contribution >= 0.6 is 0 Å². The zero-order valence-electron chi connectivity index (χ0n) is 11.5. The lowest BCUT2D eigenvalue weighted by Crippen LogP contribution is -2.39. The van der Waals surface area contributed by atoms with Gasteiger partial charge < -0.3 is 10.4 Å². The smallest absolute Gasteiger partial charge is 0.303 e. The lowest BCUT2D eigenvalue weighted by molar-refractivity contribution is -0.137. The molecule has 4 nitrogen and oxygen atoms in total. The van der Waals surface area contributed by atoms with Crippen LogP contribution in [0.4, 0.5) is 0 Å². The quantitative estimate of drug-likeness (QED) is 0.717. The van der Waals surface area contributed by atoms with E-state index in [1.807, 2.05) is 0 Å². The fraction of sp³-hybridized carbons (Fsp3) is 0.857. The van der Waals surface area contributed by atoms with Gasteiger partial charge in [-0.05, 0) is 43.9 Å². The Morgan fingerprint density at radius 1 is 1.17 bits per heavy atom. The van der Waals surface area contributed by atoms with Gasteiger partial charge in [-0.25, -0.2) is 0 Å². The van der Waals surface area contributed by atoms with Crippen molar-refractivity contribution in [1.29, 1.82) is 0 Å². The fourth-order valence-corrected chi connectivity index (χ4v) is 2.41. The number of aliphatic carboxylic acids is 1. The van der Waals surface area contributed by atoms with E-state index in [1.54, 1.807) is 0 Å². The van der Waals surface area contributed by atoms with Gasteiger partial charge in [-0.15, -0.1) is 0 Å². The highest BCUT2D eigenvalue weighted by molar-refractivity contribution is 5.76. The van der Waals surface area contributed by atoms with Crippen LogP contribution < -0.4 is 5.32 Å². The third-order valence-electron chi connectivity index (χ3n) is 3.75. The minimum atomic E-state index is -0.787. The van der Waals surface area contributed by atoms with Gasteiger partial charge in [0.25, 0.3) is 0 Å². The van der Waals surface area contributed by atoms with E-state index in [2.05, 4.69) is 19.2 Å². The Hall–Kier alpha value is -1.06. The Kier molecular flexibility index (Phi) is 5.63. The zero-order chi connectivity index (χ0) is 13.6. The highest BCUT2D eigenvalue weighted by Gasteiger charge is 2.27. The monoisotopic (exact) mass is 255 g/mol. The predicted octanol–water partition coefficient (Wildman–Crippen LogP) is 2.72. The van der Waals surface area contributed by atoms with E-state index in [0.717, 1.165) is 25.7 Å². The zero-order valence-corrected chi connectivity index (χ0v) is 11.5. The third-order valence-corrected chi connectivity index (χ3v) is 3.75. The molecule has 0 aliphatic heterocycles. The summed E-state index contributed by atoms with van der Waals surface area (Å²) in [5, 5.41) is 11.5. The summed E-state index contributed by atoms with van der Waals surface area (Å²) in [5.41, 5.74) is 0.419. The van der Waals surface area contributed by atoms with Gasteiger partial charge in [-0.2, -0.15) is 0 Å². The van der Waals surface area contributed by atoms with Crippen LogP contribution in [0.5, 0.6) is 0 Å². The van der Waals surface area contributed by atoms with Gasteiger partial charge in [-0.1, -0.05) is 13.8 Å². The van der Waals surface area contributed by atoms with Crippen molar-refractivity contribution in [2.75, 3.05) is 0 Å². The topological polar surface area (TPSA) is 66.4 Å². The number of carboxylic acids is 1. The molecule has 1 aliphatic carbocycles. The first-order valence-electron chi connectivity index (χ1n) is 6.90. The van der Waals surface area contributed by atoms with Crippen molar-refractivity contribution < 1.29 is 14.7 Å². The second-order valence-electron chi connectivity index (χ2n) is 6.11. The van der Waals surface area contributed by atoms with Gasteiger partial charge in [-0.3, -0.25) is 9.59 Å². The number of amides is 1. The average Bonchev–Trinajstić information content (AvgIpc) is 2.27. The molecule has 1 amide bonds. The van der Waals surface area contributed by atoms with E-state index in [9.17, 15) is 9.59 Å². The molecule has 0 heterocycles. The second-order valence-corrected chi connectivity index (χ2v) is 6.11. The molecule has 0 spiro atoms. The summed E-state index contributed by atoms with van der Waals surface area (Å²) in [6.07, 6.45) is 6.31. The van der Waals surface area contributed by atoms with Crippen molar-refractivity contribution >= 4 is 11.9 Å². The van der Waals surface area contributed by atoms with Crippen LogP contribution in [0.15, 0.2) is 0 Å². The van der Waals surface area contributed by atoms with Crippen molar-refractivity contribution in [3.05, 3.63) is 0 Å². The highest BCUT2D eigenvalue weighted by Crippen LogP contribution is 2.34. The van der Waals surface area contributed by atoms with E-state index in [0.29, 0.717) is 30.7 Å². The van der Waals surface area contributed by atoms with E-state index in [-0.39, 0.29) is 12.3 Å². The molecule has 1 aliphatic rings. The van der Waals surface area contributed by atoms with Crippen LogP contribution in [0.3, 0.4) is 0 Å². The lowest BCUT2D eigenvalue weighted by Gasteiger charge is -2.34. The normalized spacial score (nSPS) is 19.4. The number of unbranched alkanes of at least 4 members (excludes halogenated alkanes) is 1. The first-order valence-corrected chi connectivity index (χ1v) is 6.90. The molecule has 0 aromatic carbocycles. The van der Waals surface area contributed by atoms with Crippen molar-refractivity contribution in [3.63, 3.8) is 0 Å². The van der Waals surface area contributed by atoms with E-state index < -0.39 is 5.97 Å². The summed E-state index contributed by atoms with van der Waals surface area (Å²) in [6, 6.07) is 0.324. The molecule has 0 radical (unpaired) electrons. The van der Waals surface area contributed by atoms with Gasteiger partial charge in [0.1, 0.15) is 0 Å². The Bertz CT molecular complexity index is 289. The van der Waals surface area contributed by atoms with Crippen LogP contribution in [0.25, 0.3) is 0 Å². The van der Waals surface area contributed by atoms with E-state index in [4.69, 9.17) is 5.11 Å². The maximum atomic E-state index is 11.7. The number of rotatable bonds is 6. The number of carbonyl (C=O) groups excluding carboxylic acids is 1. The fourth-order valence-electron chi connectivity index (χ4n) is 2.41. The summed E-state index contributed by atoms with van der Waals surface area (Å²) in [5.74, 6) is -0.713. The molecule has 1 rings (SSSR count). The molecule has 0 atom stereocenters. The summed E-state index contributed by atoms with van der Waals surface area (Å²) in [4.78, 5) is 22.0. The summed E-state index contributed by atoms with van der Waals surface area (Å²) in [6.45, 7) is 4.55. The molecular formula is C14H25NO3. The van der Waals surface area contributed by atoms with Crippen molar-refractivity contribution in [2.24, 2.45) is 5.41 Å². The van der Waals surface area contributed by atoms with Gasteiger partial charge in [0.05, 0.1) is 0 Å². The van der Waals surface area contributed by atoms with E-state index >= 15 is 0 Å². The van der Waals surface area contributed by atoms with Crippen LogP contribution in [0.2, 0.25) is 0 Å². The molecule has 18 heavy (non-hydrogen) atoms. The van der Waals surface area contributed by atoms with Crippen LogP contribution in [-0.2, 0) is 9.59 Å². The van der Waals surface area contributed by atoms with E-state index in [1.165, 1.54) is 0 Å². The maximum Gasteiger partial charge on any atom is 0.303 e. The standard InChI is InChI=1S/C14H25NO3/c1-14(2)9-7-11(8-10-14)15-12(16)5-3-4-6-13(17)18/h11H,3-10H2,1-2H3,(H,15,16)(H,17,18). The number of hydrogen-bond donors (Lipinski definition) is 2. The molecular weight excluding hydrogens is 230 g/mol. The Morgan fingerprint density at radius 2 is 1.72 bits per heavy atom. The molecule has 0 aromatic heterocycles. The number of nitrogens with one attached hydrogen (secondary N) is 1. The Morgan fingerprint density at radius 3 is 2.28 bits per heavy atom. The van der Waals surface area contributed by atoms with Gasteiger partial charge >= 0.3 is 5.97 Å². The summed E-state index contributed by atoms with van der Waals surface area (Å²) in [7, 11) is 0. The first-order chi connectivity index (χ1) is 8.39. The van der Waals surface area contributed by atoms with Crippen molar-refractivity contribution in [1.82, 2.24) is 5.32 Å². The van der Waals surface area contributed by atoms with Crippen molar-refractivity contribution in [3.8, 4) is 0 Å². The molecule has 0 unspecified atom stereocenters. The van der Waals surface area contributed by atoms with Crippen LogP contribution in [-0.4, -0.2) is 23.0 Å². The Balaban J connectivity index is 2.11. The molecule has 0 saturated heterocycles. The lowest BCUT2D eigenvalue weighted by atomic mass is 9.75. The third kappa shape index (κ3) is 6.03. The minimum absolute atomic E-state index is 0.0742. The van der Waals surface area contributed by atoms with Gasteiger partial charge in [0, 0.05) is 18.9 Å². The Labute approximate surface area is 109 Å². The molecule has 0 bridgehead atoms. The number of carbonyl (C=O) groups is 2. The average molecular weight is 255 g/mol. The molecule has 2 N–H and O–H groups in total. The van der Waals surface area contributed by atoms with Crippen molar-refractivity contribution in [2.45, 2.75) is 71.3 Å². The van der Waals surface area contributed by atoms with Gasteiger partial charge in [0.2, 0.25) is 5.91 Å². The molecule has 0 aromatic rings. The van der Waals surface area contributed by atoms with Gasteiger partial charge in [0.15, 0.2) is 0 Å². The molecule has 1 saturated carbocycles. The number of carboxylic acid groups (broad SMARTS) is 1. The largest absolute Gasteiger partial charge is 0.481 e. The number of hydrogen-bond acceptors (Lipinski definition) is 2. The summed E-state index contributed by atoms with van der Waals surface area (Å²) >= 11 is 0. The summed E-state index contributed by atoms with van der Waals surface area (Å²) < 4.78 is 0. The van der Waals surface area contributed by atoms with Crippen LogP contribution in [0.1, 0.15) is 65.2 Å². The highest BCUT2D eigenvalue weighted by atomic mass is 16.4. The van der Waals surface area contributed by atoms with Crippen LogP contribution in [0, 0.1) is 5.41 Å². The minimum Gasteiger partial charge on any atom is -0.481 e. The molecule has 1 fully saturated rings. The molecule has 4 heteroatoms. The second kappa shape index (κ2) is 6.76. The maximum absolute atomic E-state index is 11.7. The first kappa shape index (κ1) is 15.0. The predicted molar refractivity (Wildman–Crippen MR) is 70.3 cm³/mol.